The van der Waals surface area contributed by atoms with Crippen LogP contribution in [-0.2, 0) is 19.1 Å². The van der Waals surface area contributed by atoms with E-state index in [-0.39, 0.29) is 12.3 Å². The second kappa shape index (κ2) is 9.39. The molecule has 0 aliphatic carbocycles. The summed E-state index contributed by atoms with van der Waals surface area (Å²) in [6.45, 7) is 0.368. The fourth-order valence-corrected chi connectivity index (χ4v) is 1.88. The van der Waals surface area contributed by atoms with Crippen LogP contribution in [0.4, 0.5) is 4.79 Å². The maximum Gasteiger partial charge on any atom is 0.409 e. The van der Waals surface area contributed by atoms with E-state index >= 15 is 0 Å². The quantitative estimate of drug-likeness (QED) is 0.748. The first-order chi connectivity index (χ1) is 11.0. The highest BCUT2D eigenvalue weighted by Crippen LogP contribution is 2.12. The van der Waals surface area contributed by atoms with Gasteiger partial charge < -0.3 is 19.7 Å². The van der Waals surface area contributed by atoms with E-state index in [4.69, 9.17) is 4.74 Å². The second-order valence-electron chi connectivity index (χ2n) is 4.77. The first-order valence-electron chi connectivity index (χ1n) is 7.06. The molecule has 2 amide bonds. The molecule has 1 unspecified atom stereocenters. The van der Waals surface area contributed by atoms with E-state index in [1.807, 2.05) is 0 Å². The smallest absolute Gasteiger partial charge is 0.409 e. The van der Waals surface area contributed by atoms with Crippen molar-refractivity contribution in [2.45, 2.75) is 18.9 Å². The third-order valence-corrected chi connectivity index (χ3v) is 3.11. The molecule has 1 atom stereocenters. The molecule has 1 N–H and O–H groups in total. The van der Waals surface area contributed by atoms with Gasteiger partial charge in [-0.25, -0.2) is 9.59 Å². The van der Waals surface area contributed by atoms with Gasteiger partial charge in [0, 0.05) is 26.2 Å². The van der Waals surface area contributed by atoms with Crippen molar-refractivity contribution < 1.29 is 23.9 Å². The first kappa shape index (κ1) is 18.4. The molecule has 0 fully saturated rings. The fourth-order valence-electron chi connectivity index (χ4n) is 1.88. The second-order valence-corrected chi connectivity index (χ2v) is 4.77. The number of pyridine rings is 1. The van der Waals surface area contributed by atoms with Crippen molar-refractivity contribution in [3.63, 3.8) is 0 Å². The highest BCUT2D eigenvalue weighted by molar-refractivity contribution is 5.85. The van der Waals surface area contributed by atoms with Crippen LogP contribution in [0.1, 0.15) is 24.6 Å². The summed E-state index contributed by atoms with van der Waals surface area (Å²) in [5, 5.41) is 2.59. The molecule has 0 radical (unpaired) electrons. The lowest BCUT2D eigenvalue weighted by Gasteiger charge is -2.17. The van der Waals surface area contributed by atoms with Crippen LogP contribution >= 0.6 is 0 Å². The van der Waals surface area contributed by atoms with Crippen molar-refractivity contribution in [2.75, 3.05) is 27.8 Å². The zero-order valence-electron chi connectivity index (χ0n) is 13.4. The number of rotatable bonds is 7. The lowest BCUT2D eigenvalue weighted by Crippen LogP contribution is -2.35. The number of nitrogens with one attached hydrogen (secondary N) is 1. The van der Waals surface area contributed by atoms with Crippen molar-refractivity contribution in [1.82, 2.24) is 15.2 Å². The van der Waals surface area contributed by atoms with Crippen LogP contribution in [0.2, 0.25) is 0 Å². The topological polar surface area (TPSA) is 97.8 Å². The van der Waals surface area contributed by atoms with Crippen molar-refractivity contribution in [1.29, 1.82) is 0 Å². The Labute approximate surface area is 134 Å². The van der Waals surface area contributed by atoms with Gasteiger partial charge in [-0.2, -0.15) is 0 Å². The van der Waals surface area contributed by atoms with Crippen LogP contribution in [0.5, 0.6) is 0 Å². The first-order valence-corrected chi connectivity index (χ1v) is 7.06. The molecule has 0 bridgehead atoms. The molecule has 8 heteroatoms. The molecule has 0 aliphatic rings. The molecule has 1 rings (SSSR count). The minimum Gasteiger partial charge on any atom is -0.467 e. The summed E-state index contributed by atoms with van der Waals surface area (Å²) in [6, 6.07) is 4.11. The SMILES string of the molecule is COC(=O)C(NC(=O)CCCN(C)C(=O)OC)c1ccccn1. The number of aromatic nitrogens is 1. The van der Waals surface area contributed by atoms with Gasteiger partial charge >= 0.3 is 12.1 Å². The van der Waals surface area contributed by atoms with Crippen molar-refractivity contribution in [2.24, 2.45) is 0 Å². The minimum atomic E-state index is -0.952. The Kier molecular flexibility index (Phi) is 7.52. The van der Waals surface area contributed by atoms with Crippen LogP contribution in [0.25, 0.3) is 0 Å². The lowest BCUT2D eigenvalue weighted by atomic mass is 10.1. The van der Waals surface area contributed by atoms with Crippen LogP contribution in [0.15, 0.2) is 24.4 Å². The summed E-state index contributed by atoms with van der Waals surface area (Å²) in [6.07, 6.45) is 1.66. The summed E-state index contributed by atoms with van der Waals surface area (Å²) in [4.78, 5) is 40.4. The van der Waals surface area contributed by atoms with Crippen LogP contribution in [-0.4, -0.2) is 55.7 Å². The zero-order valence-corrected chi connectivity index (χ0v) is 13.4. The van der Waals surface area contributed by atoms with E-state index < -0.39 is 18.1 Å². The van der Waals surface area contributed by atoms with E-state index in [1.165, 1.54) is 25.3 Å². The summed E-state index contributed by atoms with van der Waals surface area (Å²) >= 11 is 0. The molecule has 1 aromatic heterocycles. The molecule has 0 saturated heterocycles. The average Bonchev–Trinajstić information content (AvgIpc) is 2.58. The molecule has 0 spiro atoms. The van der Waals surface area contributed by atoms with E-state index in [0.717, 1.165) is 0 Å². The number of ether oxygens (including phenoxy) is 2. The predicted molar refractivity (Wildman–Crippen MR) is 81.4 cm³/mol. The molecule has 126 valence electrons. The van der Waals surface area contributed by atoms with Gasteiger partial charge in [0.15, 0.2) is 6.04 Å². The van der Waals surface area contributed by atoms with E-state index in [0.29, 0.717) is 18.7 Å². The van der Waals surface area contributed by atoms with Gasteiger partial charge in [-0.3, -0.25) is 9.78 Å². The summed E-state index contributed by atoms with van der Waals surface area (Å²) < 4.78 is 9.25. The largest absolute Gasteiger partial charge is 0.467 e. The van der Waals surface area contributed by atoms with E-state index in [1.54, 1.807) is 25.2 Å². The van der Waals surface area contributed by atoms with Crippen LogP contribution < -0.4 is 5.32 Å². The molecule has 8 nitrogen and oxygen atoms in total. The summed E-state index contributed by atoms with van der Waals surface area (Å²) in [5.74, 6) is -0.923. The van der Waals surface area contributed by atoms with Gasteiger partial charge in [0.05, 0.1) is 19.9 Å². The molecule has 0 aliphatic heterocycles. The van der Waals surface area contributed by atoms with Gasteiger partial charge in [0.1, 0.15) is 0 Å². The third-order valence-electron chi connectivity index (χ3n) is 3.11. The molecule has 23 heavy (non-hydrogen) atoms. The van der Waals surface area contributed by atoms with Gasteiger partial charge in [-0.05, 0) is 18.6 Å². The molecule has 1 heterocycles. The number of esters is 1. The Morgan fingerprint density at radius 3 is 2.57 bits per heavy atom. The molecular weight excluding hydrogens is 302 g/mol. The van der Waals surface area contributed by atoms with Crippen LogP contribution in [0.3, 0.4) is 0 Å². The Bertz CT molecular complexity index is 535. The Morgan fingerprint density at radius 2 is 2.00 bits per heavy atom. The van der Waals surface area contributed by atoms with Gasteiger partial charge in [0.2, 0.25) is 5.91 Å². The Balaban J connectivity index is 2.55. The molecule has 0 saturated carbocycles. The number of nitrogens with zero attached hydrogens (tertiary/aromatic N) is 2. The standard InChI is InChI=1S/C15H21N3O5/c1-18(15(21)23-3)10-6-8-12(19)17-13(14(20)22-2)11-7-4-5-9-16-11/h4-5,7,9,13H,6,8,10H2,1-3H3,(H,17,19). The molecular formula is C15H21N3O5. The lowest BCUT2D eigenvalue weighted by molar-refractivity contribution is -0.145. The van der Waals surface area contributed by atoms with Crippen LogP contribution in [0, 0.1) is 0 Å². The van der Waals surface area contributed by atoms with Crippen molar-refractivity contribution in [3.05, 3.63) is 30.1 Å². The fraction of sp³-hybridized carbons (Fsp3) is 0.467. The summed E-state index contributed by atoms with van der Waals surface area (Å²) in [7, 11) is 4.12. The summed E-state index contributed by atoms with van der Waals surface area (Å²) in [5.41, 5.74) is 0.402. The number of carbonyl (C=O) groups excluding carboxylic acids is 3. The third kappa shape index (κ3) is 5.93. The normalized spacial score (nSPS) is 11.3. The van der Waals surface area contributed by atoms with Gasteiger partial charge in [0.25, 0.3) is 0 Å². The number of methoxy groups -OCH3 is 2. The number of amides is 2. The highest BCUT2D eigenvalue weighted by atomic mass is 16.5. The maximum atomic E-state index is 12.0. The average molecular weight is 323 g/mol. The van der Waals surface area contributed by atoms with Gasteiger partial charge in [-0.15, -0.1) is 0 Å². The predicted octanol–water partition coefficient (Wildman–Crippen LogP) is 0.890. The van der Waals surface area contributed by atoms with E-state index in [2.05, 4.69) is 15.0 Å². The van der Waals surface area contributed by atoms with Crippen molar-refractivity contribution >= 4 is 18.0 Å². The maximum absolute atomic E-state index is 12.0. The number of hydrogen-bond donors (Lipinski definition) is 1. The highest BCUT2D eigenvalue weighted by Gasteiger charge is 2.24. The van der Waals surface area contributed by atoms with Crippen molar-refractivity contribution in [3.8, 4) is 0 Å². The van der Waals surface area contributed by atoms with Gasteiger partial charge in [-0.1, -0.05) is 6.07 Å². The number of carbonyl (C=O) groups is 3. The monoisotopic (exact) mass is 323 g/mol. The minimum absolute atomic E-state index is 0.154. The zero-order chi connectivity index (χ0) is 17.2. The Hall–Kier alpha value is -2.64. The molecule has 1 aromatic rings. The number of hydrogen-bond acceptors (Lipinski definition) is 6. The Morgan fingerprint density at radius 1 is 1.26 bits per heavy atom. The molecule has 0 aromatic carbocycles. The van der Waals surface area contributed by atoms with E-state index in [9.17, 15) is 14.4 Å².